The monoisotopic (exact) mass is 389 g/mol. The molecule has 5 nitrogen and oxygen atoms in total. The number of ether oxygens (including phenoxy) is 1. The van der Waals surface area contributed by atoms with Gasteiger partial charge in [-0.05, 0) is 35.9 Å². The maximum atomic E-state index is 13.3. The smallest absolute Gasteiger partial charge is 0.276 e. The van der Waals surface area contributed by atoms with Gasteiger partial charge in [0, 0.05) is 16.8 Å². The van der Waals surface area contributed by atoms with Crippen LogP contribution in [0.15, 0.2) is 48.5 Å². The van der Waals surface area contributed by atoms with E-state index in [1.165, 1.54) is 6.07 Å². The summed E-state index contributed by atoms with van der Waals surface area (Å²) in [7, 11) is 0. The molecule has 0 saturated carbocycles. The highest BCUT2D eigenvalue weighted by atomic mass is 35.5. The van der Waals surface area contributed by atoms with Crippen LogP contribution >= 0.6 is 11.6 Å². The Kier molecular flexibility index (Phi) is 4.63. The Morgan fingerprint density at radius 3 is 2.67 bits per heavy atom. The molecule has 0 radical (unpaired) electrons. The Balaban J connectivity index is 1.50. The summed E-state index contributed by atoms with van der Waals surface area (Å²) in [6.07, 6.45) is -0.197. The second-order valence-electron chi connectivity index (χ2n) is 6.14. The van der Waals surface area contributed by atoms with E-state index in [9.17, 15) is 13.6 Å². The molecule has 0 saturated heterocycles. The van der Waals surface area contributed by atoms with Gasteiger partial charge < -0.3 is 10.1 Å². The highest BCUT2D eigenvalue weighted by molar-refractivity contribution is 6.30. The molecule has 1 aromatic heterocycles. The van der Waals surface area contributed by atoms with E-state index in [4.69, 9.17) is 16.3 Å². The topological polar surface area (TPSA) is 56.2 Å². The van der Waals surface area contributed by atoms with E-state index in [1.54, 1.807) is 22.9 Å². The van der Waals surface area contributed by atoms with Crippen LogP contribution in [-0.4, -0.2) is 15.7 Å². The maximum Gasteiger partial charge on any atom is 0.276 e. The number of anilines is 1. The minimum atomic E-state index is -1.03. The minimum Gasteiger partial charge on any atom is -0.365 e. The zero-order valence-electron chi connectivity index (χ0n) is 14.0. The molecule has 1 N–H and O–H groups in total. The third-order valence-electron chi connectivity index (χ3n) is 4.29. The SMILES string of the molecule is O=C(Nc1ccc(F)c(F)c1)c1cc2n(n1)C[C@H](c1ccc(Cl)cc1)OC2. The number of benzene rings is 2. The Morgan fingerprint density at radius 2 is 1.93 bits per heavy atom. The number of nitrogens with zero attached hydrogens (tertiary/aromatic N) is 2. The maximum absolute atomic E-state index is 13.3. The van der Waals surface area contributed by atoms with E-state index in [-0.39, 0.29) is 17.5 Å². The van der Waals surface area contributed by atoms with E-state index >= 15 is 0 Å². The summed E-state index contributed by atoms with van der Waals surface area (Å²) in [4.78, 5) is 12.4. The van der Waals surface area contributed by atoms with Crippen molar-refractivity contribution in [1.29, 1.82) is 0 Å². The molecule has 8 heteroatoms. The molecule has 1 aliphatic rings. The molecule has 0 bridgehead atoms. The van der Waals surface area contributed by atoms with Gasteiger partial charge in [-0.2, -0.15) is 5.10 Å². The number of hydrogen-bond donors (Lipinski definition) is 1. The van der Waals surface area contributed by atoms with Crippen LogP contribution in [0.1, 0.15) is 27.8 Å². The van der Waals surface area contributed by atoms with Gasteiger partial charge in [-0.25, -0.2) is 8.78 Å². The lowest BCUT2D eigenvalue weighted by molar-refractivity contribution is -0.00118. The lowest BCUT2D eigenvalue weighted by atomic mass is 10.1. The number of hydrogen-bond acceptors (Lipinski definition) is 3. The highest BCUT2D eigenvalue weighted by Crippen LogP contribution is 2.27. The molecule has 0 aliphatic carbocycles. The van der Waals surface area contributed by atoms with Crippen molar-refractivity contribution < 1.29 is 18.3 Å². The average molecular weight is 390 g/mol. The predicted molar refractivity (Wildman–Crippen MR) is 95.5 cm³/mol. The molecule has 0 spiro atoms. The molecule has 2 heterocycles. The summed E-state index contributed by atoms with van der Waals surface area (Å²) >= 11 is 5.91. The van der Waals surface area contributed by atoms with Crippen molar-refractivity contribution >= 4 is 23.2 Å². The Hall–Kier alpha value is -2.77. The third kappa shape index (κ3) is 3.70. The first kappa shape index (κ1) is 17.6. The summed E-state index contributed by atoms with van der Waals surface area (Å²) in [6.45, 7) is 0.758. The van der Waals surface area contributed by atoms with Gasteiger partial charge in [0.05, 0.1) is 18.8 Å². The van der Waals surface area contributed by atoms with Crippen molar-refractivity contribution in [2.45, 2.75) is 19.3 Å². The summed E-state index contributed by atoms with van der Waals surface area (Å²) in [5, 5.41) is 7.46. The molecule has 0 fully saturated rings. The van der Waals surface area contributed by atoms with E-state index in [0.29, 0.717) is 18.2 Å². The zero-order chi connectivity index (χ0) is 19.0. The number of carbonyl (C=O) groups is 1. The number of halogens is 3. The van der Waals surface area contributed by atoms with E-state index in [1.807, 2.05) is 12.1 Å². The molecule has 138 valence electrons. The van der Waals surface area contributed by atoms with Gasteiger partial charge in [0.1, 0.15) is 6.10 Å². The van der Waals surface area contributed by atoms with Crippen LogP contribution in [0.5, 0.6) is 0 Å². The van der Waals surface area contributed by atoms with E-state index in [2.05, 4.69) is 10.4 Å². The van der Waals surface area contributed by atoms with Gasteiger partial charge in [0.15, 0.2) is 17.3 Å². The summed E-state index contributed by atoms with van der Waals surface area (Å²) in [5.74, 6) is -2.52. The second-order valence-corrected chi connectivity index (χ2v) is 6.57. The lowest BCUT2D eigenvalue weighted by Crippen LogP contribution is -2.22. The lowest BCUT2D eigenvalue weighted by Gasteiger charge is -2.24. The van der Waals surface area contributed by atoms with Crippen molar-refractivity contribution in [3.8, 4) is 0 Å². The summed E-state index contributed by atoms with van der Waals surface area (Å²) in [5.41, 5.74) is 2.05. The molecule has 1 atom stereocenters. The number of carbonyl (C=O) groups excluding carboxylic acids is 1. The van der Waals surface area contributed by atoms with Crippen LogP contribution in [0, 0.1) is 11.6 Å². The second kappa shape index (κ2) is 7.09. The molecular formula is C19H14ClF2N3O2. The predicted octanol–water partition coefficient (Wildman–Crippen LogP) is 4.34. The third-order valence-corrected chi connectivity index (χ3v) is 4.54. The molecule has 1 aliphatic heterocycles. The van der Waals surface area contributed by atoms with E-state index in [0.717, 1.165) is 23.4 Å². The van der Waals surface area contributed by atoms with Crippen LogP contribution in [0.3, 0.4) is 0 Å². The van der Waals surface area contributed by atoms with Crippen LogP contribution < -0.4 is 5.32 Å². The number of amides is 1. The summed E-state index contributed by atoms with van der Waals surface area (Å²) in [6, 6.07) is 12.1. The molecule has 1 amide bonds. The van der Waals surface area contributed by atoms with Gasteiger partial charge in [-0.3, -0.25) is 9.48 Å². The van der Waals surface area contributed by atoms with E-state index < -0.39 is 17.5 Å². The van der Waals surface area contributed by atoms with Crippen molar-refractivity contribution in [3.05, 3.63) is 82.1 Å². The van der Waals surface area contributed by atoms with Gasteiger partial charge in [-0.1, -0.05) is 23.7 Å². The first-order valence-corrected chi connectivity index (χ1v) is 8.57. The molecule has 4 rings (SSSR count). The average Bonchev–Trinajstić information content (AvgIpc) is 3.09. The van der Waals surface area contributed by atoms with Gasteiger partial charge in [0.2, 0.25) is 0 Å². The first-order chi connectivity index (χ1) is 13.0. The van der Waals surface area contributed by atoms with Gasteiger partial charge in [-0.15, -0.1) is 0 Å². The standard InChI is InChI=1S/C19H14ClF2N3O2/c20-12-3-1-11(2-4-12)18-9-25-14(10-27-18)8-17(24-25)19(26)23-13-5-6-15(21)16(22)7-13/h1-8,18H,9-10H2,(H,23,26)/t18-/m1/s1. The van der Waals surface area contributed by atoms with Gasteiger partial charge in [0.25, 0.3) is 5.91 Å². The molecule has 3 aromatic rings. The van der Waals surface area contributed by atoms with Crippen LogP contribution in [0.25, 0.3) is 0 Å². The fraction of sp³-hybridized carbons (Fsp3) is 0.158. The Bertz CT molecular complexity index is 1000. The largest absolute Gasteiger partial charge is 0.365 e. The number of aromatic nitrogens is 2. The van der Waals surface area contributed by atoms with Crippen molar-refractivity contribution in [2.24, 2.45) is 0 Å². The van der Waals surface area contributed by atoms with Crippen molar-refractivity contribution in [2.75, 3.05) is 5.32 Å². The number of fused-ring (bicyclic) bond motifs is 1. The normalized spacial score (nSPS) is 16.0. The Morgan fingerprint density at radius 1 is 1.15 bits per heavy atom. The fourth-order valence-electron chi connectivity index (χ4n) is 2.88. The van der Waals surface area contributed by atoms with Crippen molar-refractivity contribution in [3.63, 3.8) is 0 Å². The van der Waals surface area contributed by atoms with Crippen molar-refractivity contribution in [1.82, 2.24) is 9.78 Å². The molecule has 0 unspecified atom stereocenters. The first-order valence-electron chi connectivity index (χ1n) is 8.20. The molecular weight excluding hydrogens is 376 g/mol. The number of rotatable bonds is 3. The number of nitrogens with one attached hydrogen (secondary N) is 1. The fourth-order valence-corrected chi connectivity index (χ4v) is 3.01. The highest BCUT2D eigenvalue weighted by Gasteiger charge is 2.24. The quantitative estimate of drug-likeness (QED) is 0.725. The van der Waals surface area contributed by atoms with Crippen LogP contribution in [0.2, 0.25) is 5.02 Å². The summed E-state index contributed by atoms with van der Waals surface area (Å²) < 4.78 is 33.8. The zero-order valence-corrected chi connectivity index (χ0v) is 14.7. The Labute approximate surface area is 158 Å². The molecule has 2 aromatic carbocycles. The molecule has 27 heavy (non-hydrogen) atoms. The van der Waals surface area contributed by atoms with Crippen LogP contribution in [-0.2, 0) is 17.9 Å². The van der Waals surface area contributed by atoms with Gasteiger partial charge >= 0.3 is 0 Å². The van der Waals surface area contributed by atoms with Crippen LogP contribution in [0.4, 0.5) is 14.5 Å². The minimum absolute atomic E-state index is 0.153.